The van der Waals surface area contributed by atoms with Gasteiger partial charge in [0, 0.05) is 6.54 Å². The zero-order valence-electron chi connectivity index (χ0n) is 10.3. The van der Waals surface area contributed by atoms with E-state index in [0.29, 0.717) is 20.7 Å². The summed E-state index contributed by atoms with van der Waals surface area (Å²) in [7, 11) is 0. The summed E-state index contributed by atoms with van der Waals surface area (Å²) in [6.07, 6.45) is 0. The van der Waals surface area contributed by atoms with Crippen molar-refractivity contribution in [3.8, 4) is 0 Å². The lowest BCUT2D eigenvalue weighted by atomic mass is 10.1. The Balaban J connectivity index is 2.28. The molecule has 20 heavy (non-hydrogen) atoms. The average Bonchev–Trinajstić information content (AvgIpc) is 2.43. The standard InChI is InChI=1S/C14H12BrClF2N2/c15-10-3-1-8(5-12(10)18)14(7-19)20-13-6-9(17)2-4-11(13)16/h1-6,14,20H,7,19H2. The Hall–Kier alpha value is -1.17. The van der Waals surface area contributed by atoms with Crippen molar-refractivity contribution >= 4 is 33.2 Å². The predicted octanol–water partition coefficient (Wildman–Crippen LogP) is 4.49. The number of rotatable bonds is 4. The second-order valence-corrected chi connectivity index (χ2v) is 5.49. The molecule has 3 N–H and O–H groups in total. The van der Waals surface area contributed by atoms with Gasteiger partial charge in [0.2, 0.25) is 0 Å². The fourth-order valence-corrected chi connectivity index (χ4v) is 2.22. The molecule has 0 fully saturated rings. The second-order valence-electron chi connectivity index (χ2n) is 4.23. The molecule has 106 valence electrons. The predicted molar refractivity (Wildman–Crippen MR) is 80.9 cm³/mol. The quantitative estimate of drug-likeness (QED) is 0.842. The van der Waals surface area contributed by atoms with Crippen molar-refractivity contribution in [1.29, 1.82) is 0 Å². The largest absolute Gasteiger partial charge is 0.376 e. The molecule has 0 aliphatic rings. The van der Waals surface area contributed by atoms with Gasteiger partial charge in [-0.05, 0) is 51.8 Å². The molecule has 0 heterocycles. The summed E-state index contributed by atoms with van der Waals surface area (Å²) < 4.78 is 27.2. The van der Waals surface area contributed by atoms with Crippen molar-refractivity contribution in [2.24, 2.45) is 5.73 Å². The zero-order chi connectivity index (χ0) is 14.7. The van der Waals surface area contributed by atoms with Crippen LogP contribution in [0.2, 0.25) is 5.02 Å². The van der Waals surface area contributed by atoms with Crippen LogP contribution in [-0.4, -0.2) is 6.54 Å². The highest BCUT2D eigenvalue weighted by atomic mass is 79.9. The van der Waals surface area contributed by atoms with Crippen molar-refractivity contribution in [3.63, 3.8) is 0 Å². The van der Waals surface area contributed by atoms with Crippen molar-refractivity contribution in [2.45, 2.75) is 6.04 Å². The van der Waals surface area contributed by atoms with Gasteiger partial charge in [0.25, 0.3) is 0 Å². The molecule has 0 aliphatic carbocycles. The highest BCUT2D eigenvalue weighted by Gasteiger charge is 2.13. The Morgan fingerprint density at radius 2 is 1.95 bits per heavy atom. The summed E-state index contributed by atoms with van der Waals surface area (Å²) in [5.41, 5.74) is 6.78. The van der Waals surface area contributed by atoms with E-state index in [9.17, 15) is 8.78 Å². The lowest BCUT2D eigenvalue weighted by Crippen LogP contribution is -2.21. The van der Waals surface area contributed by atoms with Crippen LogP contribution in [0.15, 0.2) is 40.9 Å². The molecule has 0 saturated heterocycles. The molecule has 0 amide bonds. The summed E-state index contributed by atoms with van der Waals surface area (Å²) in [6.45, 7) is 0.216. The van der Waals surface area contributed by atoms with Crippen LogP contribution in [0.1, 0.15) is 11.6 Å². The Bertz CT molecular complexity index is 622. The first-order chi connectivity index (χ1) is 9.51. The molecule has 0 spiro atoms. The van der Waals surface area contributed by atoms with Crippen molar-refractivity contribution in [2.75, 3.05) is 11.9 Å². The number of benzene rings is 2. The summed E-state index contributed by atoms with van der Waals surface area (Å²) in [5.74, 6) is -0.789. The van der Waals surface area contributed by atoms with Gasteiger partial charge < -0.3 is 11.1 Å². The third-order valence-electron chi connectivity index (χ3n) is 2.84. The molecule has 0 bridgehead atoms. The monoisotopic (exact) mass is 360 g/mol. The van der Waals surface area contributed by atoms with Gasteiger partial charge in [-0.3, -0.25) is 0 Å². The summed E-state index contributed by atoms with van der Waals surface area (Å²) >= 11 is 9.08. The fraction of sp³-hybridized carbons (Fsp3) is 0.143. The summed E-state index contributed by atoms with van der Waals surface area (Å²) in [5, 5.41) is 3.40. The molecule has 0 aromatic heterocycles. The number of nitrogens with two attached hydrogens (primary N) is 1. The van der Waals surface area contributed by atoms with E-state index in [4.69, 9.17) is 17.3 Å². The molecular formula is C14H12BrClF2N2. The van der Waals surface area contributed by atoms with Gasteiger partial charge in [0.15, 0.2) is 0 Å². The number of anilines is 1. The van der Waals surface area contributed by atoms with Crippen LogP contribution in [0, 0.1) is 11.6 Å². The van der Waals surface area contributed by atoms with Crippen LogP contribution in [0.5, 0.6) is 0 Å². The molecule has 1 unspecified atom stereocenters. The van der Waals surface area contributed by atoms with E-state index in [1.165, 1.54) is 24.3 Å². The van der Waals surface area contributed by atoms with Crippen molar-refractivity contribution in [1.82, 2.24) is 0 Å². The maximum Gasteiger partial charge on any atom is 0.137 e. The van der Waals surface area contributed by atoms with Crippen LogP contribution in [0.25, 0.3) is 0 Å². The number of hydrogen-bond acceptors (Lipinski definition) is 2. The zero-order valence-corrected chi connectivity index (χ0v) is 12.7. The average molecular weight is 362 g/mol. The van der Waals surface area contributed by atoms with Crippen LogP contribution in [0.3, 0.4) is 0 Å². The maximum absolute atomic E-state index is 13.6. The second kappa shape index (κ2) is 6.52. The molecule has 6 heteroatoms. The van der Waals surface area contributed by atoms with Gasteiger partial charge >= 0.3 is 0 Å². The van der Waals surface area contributed by atoms with E-state index in [0.717, 1.165) is 0 Å². The minimum Gasteiger partial charge on any atom is -0.376 e. The third kappa shape index (κ3) is 3.48. The van der Waals surface area contributed by atoms with Gasteiger partial charge in [-0.25, -0.2) is 8.78 Å². The highest BCUT2D eigenvalue weighted by molar-refractivity contribution is 9.10. The van der Waals surface area contributed by atoms with E-state index < -0.39 is 5.82 Å². The Morgan fingerprint density at radius 3 is 2.60 bits per heavy atom. The van der Waals surface area contributed by atoms with Gasteiger partial charge in [-0.1, -0.05) is 17.7 Å². The molecule has 0 radical (unpaired) electrons. The van der Waals surface area contributed by atoms with Crippen LogP contribution in [-0.2, 0) is 0 Å². The van der Waals surface area contributed by atoms with Crippen molar-refractivity contribution in [3.05, 3.63) is 63.1 Å². The van der Waals surface area contributed by atoms with E-state index in [1.807, 2.05) is 0 Å². The van der Waals surface area contributed by atoms with Gasteiger partial charge in [0.05, 0.1) is 21.2 Å². The van der Waals surface area contributed by atoms with E-state index >= 15 is 0 Å². The number of nitrogens with one attached hydrogen (secondary N) is 1. The van der Waals surface area contributed by atoms with Gasteiger partial charge in [0.1, 0.15) is 11.6 Å². The lowest BCUT2D eigenvalue weighted by Gasteiger charge is -2.20. The van der Waals surface area contributed by atoms with Crippen LogP contribution in [0.4, 0.5) is 14.5 Å². The smallest absolute Gasteiger partial charge is 0.137 e. The number of hydrogen-bond donors (Lipinski definition) is 2. The molecule has 1 atom stereocenters. The first kappa shape index (κ1) is 15.2. The minimum absolute atomic E-state index is 0.216. The Kier molecular flexibility index (Phi) is 4.96. The van der Waals surface area contributed by atoms with E-state index in [1.54, 1.807) is 12.1 Å². The van der Waals surface area contributed by atoms with Crippen LogP contribution >= 0.6 is 27.5 Å². The molecule has 2 aromatic carbocycles. The fourth-order valence-electron chi connectivity index (χ4n) is 1.80. The molecule has 2 rings (SSSR count). The molecule has 0 aliphatic heterocycles. The molecule has 0 saturated carbocycles. The van der Waals surface area contributed by atoms with E-state index in [2.05, 4.69) is 21.2 Å². The Labute approximate surface area is 129 Å². The first-order valence-electron chi connectivity index (χ1n) is 5.88. The highest BCUT2D eigenvalue weighted by Crippen LogP contribution is 2.28. The summed E-state index contributed by atoms with van der Waals surface area (Å²) in [6, 6.07) is 8.35. The third-order valence-corrected chi connectivity index (χ3v) is 3.81. The SMILES string of the molecule is NCC(Nc1cc(F)ccc1Cl)c1ccc(Br)c(F)c1. The molecule has 2 nitrogen and oxygen atoms in total. The van der Waals surface area contributed by atoms with Gasteiger partial charge in [-0.2, -0.15) is 0 Å². The van der Waals surface area contributed by atoms with E-state index in [-0.39, 0.29) is 18.4 Å². The normalized spacial score (nSPS) is 12.2. The number of halogens is 4. The van der Waals surface area contributed by atoms with Crippen molar-refractivity contribution < 1.29 is 8.78 Å². The summed E-state index contributed by atoms with van der Waals surface area (Å²) in [4.78, 5) is 0. The maximum atomic E-state index is 13.6. The molecular weight excluding hydrogens is 350 g/mol. The first-order valence-corrected chi connectivity index (χ1v) is 7.05. The Morgan fingerprint density at radius 1 is 1.20 bits per heavy atom. The van der Waals surface area contributed by atoms with Crippen LogP contribution < -0.4 is 11.1 Å². The lowest BCUT2D eigenvalue weighted by molar-refractivity contribution is 0.615. The minimum atomic E-state index is -0.408. The van der Waals surface area contributed by atoms with Gasteiger partial charge in [-0.15, -0.1) is 0 Å². The molecule has 2 aromatic rings. The topological polar surface area (TPSA) is 38.0 Å².